The summed E-state index contributed by atoms with van der Waals surface area (Å²) in [7, 11) is -3.28. The first-order chi connectivity index (χ1) is 11.9. The van der Waals surface area contributed by atoms with Gasteiger partial charge in [0.05, 0.1) is 10.1 Å². The summed E-state index contributed by atoms with van der Waals surface area (Å²) in [5.41, 5.74) is 6.59. The molecule has 1 saturated carbocycles. The van der Waals surface area contributed by atoms with Gasteiger partial charge in [-0.3, -0.25) is 4.79 Å². The molecular weight excluding hydrogens is 372 g/mol. The van der Waals surface area contributed by atoms with E-state index >= 15 is 0 Å². The summed E-state index contributed by atoms with van der Waals surface area (Å²) in [4.78, 5) is 15.0. The lowest BCUT2D eigenvalue weighted by Crippen LogP contribution is -2.51. The molecule has 2 N–H and O–H groups in total. The molecule has 2 atom stereocenters. The molecule has 0 aromatic heterocycles. The van der Waals surface area contributed by atoms with Crippen LogP contribution in [0, 0.1) is 0 Å². The number of carbonyl (C=O) groups is 1. The first kappa shape index (κ1) is 21.2. The van der Waals surface area contributed by atoms with Gasteiger partial charge >= 0.3 is 0 Å². The van der Waals surface area contributed by atoms with Crippen LogP contribution < -0.4 is 5.73 Å². The molecule has 2 fully saturated rings. The van der Waals surface area contributed by atoms with Gasteiger partial charge in [-0.25, -0.2) is 8.42 Å². The van der Waals surface area contributed by atoms with Gasteiger partial charge in [-0.15, -0.1) is 12.4 Å². The van der Waals surface area contributed by atoms with Gasteiger partial charge in [0.15, 0.2) is 9.84 Å². The van der Waals surface area contributed by atoms with E-state index < -0.39 is 9.84 Å². The highest BCUT2D eigenvalue weighted by Gasteiger charge is 2.32. The van der Waals surface area contributed by atoms with Crippen LogP contribution in [0.1, 0.15) is 62.2 Å². The van der Waals surface area contributed by atoms with E-state index in [4.69, 9.17) is 5.73 Å². The molecule has 146 valence electrons. The Hall–Kier alpha value is -1.11. The number of hydrogen-bond acceptors (Lipinski definition) is 4. The number of nitrogens with two attached hydrogens (primary N) is 1. The van der Waals surface area contributed by atoms with Crippen LogP contribution in [0.15, 0.2) is 29.2 Å². The quantitative estimate of drug-likeness (QED) is 0.841. The maximum Gasteiger partial charge on any atom is 0.254 e. The summed E-state index contributed by atoms with van der Waals surface area (Å²) >= 11 is 0. The van der Waals surface area contributed by atoms with Crippen LogP contribution in [-0.2, 0) is 9.84 Å². The minimum Gasteiger partial charge on any atom is -0.334 e. The van der Waals surface area contributed by atoms with Gasteiger partial charge < -0.3 is 10.6 Å². The van der Waals surface area contributed by atoms with Crippen LogP contribution in [0.4, 0.5) is 0 Å². The minimum absolute atomic E-state index is 0. The van der Waals surface area contributed by atoms with Crippen LogP contribution >= 0.6 is 12.4 Å². The lowest BCUT2D eigenvalue weighted by molar-refractivity contribution is 0.0583. The Morgan fingerprint density at radius 2 is 1.65 bits per heavy atom. The number of amides is 1. The van der Waals surface area contributed by atoms with Crippen molar-refractivity contribution >= 4 is 28.2 Å². The molecule has 1 aromatic carbocycles. The number of hydrogen-bond donors (Lipinski definition) is 1. The molecule has 2 aliphatic rings. The van der Waals surface area contributed by atoms with Gasteiger partial charge in [-0.1, -0.05) is 12.8 Å². The van der Waals surface area contributed by atoms with Crippen LogP contribution in [-0.4, -0.2) is 43.1 Å². The number of rotatable bonds is 4. The highest BCUT2D eigenvalue weighted by molar-refractivity contribution is 7.92. The fourth-order valence-corrected chi connectivity index (χ4v) is 5.95. The zero-order chi connectivity index (χ0) is 18.0. The Bertz CT molecular complexity index is 713. The lowest BCUT2D eigenvalue weighted by atomic mass is 9.96. The Balaban J connectivity index is 0.00000243. The number of carbonyl (C=O) groups excluding carboxylic acids is 1. The average molecular weight is 401 g/mol. The summed E-state index contributed by atoms with van der Waals surface area (Å²) in [6.07, 6.45) is 6.46. The minimum atomic E-state index is -3.28. The van der Waals surface area contributed by atoms with Crippen LogP contribution in [0.5, 0.6) is 0 Å². The molecule has 0 spiro atoms. The monoisotopic (exact) mass is 400 g/mol. The van der Waals surface area contributed by atoms with Crippen molar-refractivity contribution in [3.8, 4) is 0 Å². The first-order valence-corrected chi connectivity index (χ1v) is 10.9. The van der Waals surface area contributed by atoms with Crippen molar-refractivity contribution in [1.29, 1.82) is 0 Å². The molecular formula is C19H29ClN2O3S. The van der Waals surface area contributed by atoms with E-state index in [9.17, 15) is 13.2 Å². The zero-order valence-electron chi connectivity index (χ0n) is 15.3. The number of likely N-dealkylation sites (tertiary alicyclic amines) is 1. The maximum absolute atomic E-state index is 12.9. The van der Waals surface area contributed by atoms with E-state index in [1.54, 1.807) is 24.3 Å². The molecule has 3 rings (SSSR count). The molecule has 1 aliphatic carbocycles. The average Bonchev–Trinajstić information content (AvgIpc) is 3.16. The van der Waals surface area contributed by atoms with Gasteiger partial charge in [0.25, 0.3) is 5.91 Å². The van der Waals surface area contributed by atoms with Gasteiger partial charge in [-0.2, -0.15) is 0 Å². The van der Waals surface area contributed by atoms with Gasteiger partial charge in [0.2, 0.25) is 0 Å². The van der Waals surface area contributed by atoms with E-state index in [0.29, 0.717) is 17.0 Å². The number of sulfone groups is 1. The van der Waals surface area contributed by atoms with Crippen molar-refractivity contribution in [2.75, 3.05) is 6.54 Å². The maximum atomic E-state index is 12.9. The van der Waals surface area contributed by atoms with Crippen molar-refractivity contribution < 1.29 is 13.2 Å². The normalized spacial score (nSPS) is 22.7. The summed E-state index contributed by atoms with van der Waals surface area (Å²) < 4.78 is 25.3. The summed E-state index contributed by atoms with van der Waals surface area (Å²) in [6, 6.07) is 6.47. The fourth-order valence-electron chi connectivity index (χ4n) is 4.10. The molecule has 2 unspecified atom stereocenters. The van der Waals surface area contributed by atoms with Gasteiger partial charge in [0, 0.05) is 24.2 Å². The molecule has 0 radical (unpaired) electrons. The summed E-state index contributed by atoms with van der Waals surface area (Å²) in [5, 5.41) is -0.265. The van der Waals surface area contributed by atoms with Gasteiger partial charge in [-0.05, 0) is 63.3 Å². The third-order valence-corrected chi connectivity index (χ3v) is 7.87. The smallest absolute Gasteiger partial charge is 0.254 e. The second-order valence-corrected chi connectivity index (χ2v) is 9.62. The largest absolute Gasteiger partial charge is 0.334 e. The summed E-state index contributed by atoms with van der Waals surface area (Å²) in [6.45, 7) is 2.65. The molecule has 5 nitrogen and oxygen atoms in total. The highest BCUT2D eigenvalue weighted by atomic mass is 35.5. The van der Waals surface area contributed by atoms with E-state index in [0.717, 1.165) is 44.9 Å². The van der Waals surface area contributed by atoms with Crippen molar-refractivity contribution in [3.05, 3.63) is 29.8 Å². The molecule has 0 bridgehead atoms. The number of nitrogens with zero attached hydrogens (tertiary/aromatic N) is 1. The van der Waals surface area contributed by atoms with Crippen LogP contribution in [0.3, 0.4) is 0 Å². The number of piperidine rings is 1. The van der Waals surface area contributed by atoms with Crippen molar-refractivity contribution in [2.24, 2.45) is 5.73 Å². The fraction of sp³-hybridized carbons (Fsp3) is 0.632. The first-order valence-electron chi connectivity index (χ1n) is 9.32. The zero-order valence-corrected chi connectivity index (χ0v) is 16.9. The van der Waals surface area contributed by atoms with E-state index in [-0.39, 0.29) is 35.6 Å². The van der Waals surface area contributed by atoms with E-state index in [2.05, 4.69) is 0 Å². The Kier molecular flexibility index (Phi) is 7.11. The predicted octanol–water partition coefficient (Wildman–Crippen LogP) is 3.17. The second kappa shape index (κ2) is 8.72. The van der Waals surface area contributed by atoms with E-state index in [1.165, 1.54) is 0 Å². The lowest BCUT2D eigenvalue weighted by Gasteiger charge is -2.38. The topological polar surface area (TPSA) is 80.5 Å². The second-order valence-electron chi connectivity index (χ2n) is 7.40. The molecule has 1 aliphatic heterocycles. The number of benzene rings is 1. The van der Waals surface area contributed by atoms with E-state index in [1.807, 2.05) is 11.8 Å². The third-order valence-electron chi connectivity index (χ3n) is 5.59. The molecule has 1 saturated heterocycles. The van der Waals surface area contributed by atoms with Crippen molar-refractivity contribution in [2.45, 2.75) is 74.1 Å². The standard InChI is InChI=1S/C19H28N2O3S.ClH/c1-14(20)18-8-4-5-13-21(18)19(22)15-9-11-17(12-10-15)25(23,24)16-6-2-3-7-16;/h9-12,14,16,18H,2-8,13,20H2,1H3;1H. The van der Waals surface area contributed by atoms with Crippen molar-refractivity contribution in [3.63, 3.8) is 0 Å². The molecule has 7 heteroatoms. The molecule has 26 heavy (non-hydrogen) atoms. The van der Waals surface area contributed by atoms with Gasteiger partial charge in [0.1, 0.15) is 0 Å². The van der Waals surface area contributed by atoms with Crippen molar-refractivity contribution in [1.82, 2.24) is 4.90 Å². The predicted molar refractivity (Wildman–Crippen MR) is 105 cm³/mol. The molecule has 1 heterocycles. The third kappa shape index (κ3) is 4.24. The summed E-state index contributed by atoms with van der Waals surface area (Å²) in [5.74, 6) is -0.0492. The highest BCUT2D eigenvalue weighted by Crippen LogP contribution is 2.30. The van der Waals surface area contributed by atoms with Crippen LogP contribution in [0.2, 0.25) is 0 Å². The number of halogens is 1. The Labute approximate surface area is 162 Å². The molecule has 1 amide bonds. The Morgan fingerprint density at radius 1 is 1.08 bits per heavy atom. The SMILES string of the molecule is CC(N)C1CCCCN1C(=O)c1ccc(S(=O)(=O)C2CCCC2)cc1.Cl. The Morgan fingerprint density at radius 3 is 2.23 bits per heavy atom. The van der Waals surface area contributed by atoms with Crippen LogP contribution in [0.25, 0.3) is 0 Å². The molecule has 1 aromatic rings.